The highest BCUT2D eigenvalue weighted by Crippen LogP contribution is 2.33. The van der Waals surface area contributed by atoms with E-state index in [1.54, 1.807) is 0 Å². The second-order valence-electron chi connectivity index (χ2n) is 3.80. The Labute approximate surface area is 101 Å². The molecule has 2 aromatic carbocycles. The normalized spacial score (nSPS) is 10.2. The van der Waals surface area contributed by atoms with Crippen molar-refractivity contribution < 1.29 is 0 Å². The van der Waals surface area contributed by atoms with Gasteiger partial charge in [-0.1, -0.05) is 41.9 Å². The number of benzene rings is 2. The maximum absolute atomic E-state index is 6.23. The molecule has 0 aliphatic rings. The highest BCUT2D eigenvalue weighted by Gasteiger charge is 2.09. The first-order chi connectivity index (χ1) is 7.70. The number of hydrogen-bond donors (Lipinski definition) is 0. The summed E-state index contributed by atoms with van der Waals surface area (Å²) >= 11 is 6.23. The summed E-state index contributed by atoms with van der Waals surface area (Å²) in [5.41, 5.74) is 3.38. The van der Waals surface area contributed by atoms with E-state index < -0.39 is 0 Å². The molecule has 0 radical (unpaired) electrons. The van der Waals surface area contributed by atoms with Gasteiger partial charge in [0.15, 0.2) is 0 Å². The Kier molecular flexibility index (Phi) is 3.16. The Hall–Kier alpha value is -1.47. The molecule has 16 heavy (non-hydrogen) atoms. The molecule has 0 aromatic heterocycles. The lowest BCUT2D eigenvalue weighted by atomic mass is 10.1. The summed E-state index contributed by atoms with van der Waals surface area (Å²) in [6.07, 6.45) is 0. The molecule has 2 aromatic rings. The third-order valence-electron chi connectivity index (χ3n) is 2.67. The first-order valence-electron chi connectivity index (χ1n) is 5.24. The molecule has 0 atom stereocenters. The summed E-state index contributed by atoms with van der Waals surface area (Å²) in [6, 6.07) is 16.2. The molecule has 82 valence electrons. The van der Waals surface area contributed by atoms with E-state index in [-0.39, 0.29) is 0 Å². The van der Waals surface area contributed by atoms with Gasteiger partial charge in [0.25, 0.3) is 0 Å². The second-order valence-corrected chi connectivity index (χ2v) is 4.21. The molecule has 0 aliphatic heterocycles. The van der Waals surface area contributed by atoms with Crippen LogP contribution in [0.1, 0.15) is 5.56 Å². The Morgan fingerprint density at radius 2 is 1.62 bits per heavy atom. The average molecular weight is 232 g/mol. The topological polar surface area (TPSA) is 3.24 Å². The lowest BCUT2D eigenvalue weighted by Crippen LogP contribution is -2.11. The van der Waals surface area contributed by atoms with Gasteiger partial charge >= 0.3 is 0 Å². The number of anilines is 2. The number of halogens is 1. The van der Waals surface area contributed by atoms with Crippen LogP contribution in [-0.4, -0.2) is 7.05 Å². The maximum Gasteiger partial charge on any atom is 0.0645 e. The summed E-state index contributed by atoms with van der Waals surface area (Å²) in [4.78, 5) is 2.11. The molecule has 0 heterocycles. The van der Waals surface area contributed by atoms with Gasteiger partial charge in [-0.05, 0) is 30.7 Å². The van der Waals surface area contributed by atoms with E-state index in [1.165, 1.54) is 5.56 Å². The van der Waals surface area contributed by atoms with Gasteiger partial charge in [0.2, 0.25) is 0 Å². The summed E-state index contributed by atoms with van der Waals surface area (Å²) in [7, 11) is 2.03. The molecule has 0 N–H and O–H groups in total. The van der Waals surface area contributed by atoms with Crippen molar-refractivity contribution in [2.45, 2.75) is 6.92 Å². The lowest BCUT2D eigenvalue weighted by Gasteiger charge is -2.22. The molecule has 0 aliphatic carbocycles. The van der Waals surface area contributed by atoms with E-state index in [9.17, 15) is 0 Å². The minimum atomic E-state index is 0.784. The molecule has 0 amide bonds. The highest BCUT2D eigenvalue weighted by molar-refractivity contribution is 6.33. The van der Waals surface area contributed by atoms with Crippen molar-refractivity contribution in [2.24, 2.45) is 0 Å². The predicted octanol–water partition coefficient (Wildman–Crippen LogP) is 4.42. The summed E-state index contributed by atoms with van der Waals surface area (Å²) in [6.45, 7) is 2.07. The van der Waals surface area contributed by atoms with Crippen LogP contribution in [0.4, 0.5) is 11.4 Å². The highest BCUT2D eigenvalue weighted by atomic mass is 35.5. The zero-order valence-electron chi connectivity index (χ0n) is 9.44. The molecule has 2 rings (SSSR count). The number of aryl methyl sites for hydroxylation is 1. The molecule has 0 saturated carbocycles. The van der Waals surface area contributed by atoms with Crippen LogP contribution in [0.2, 0.25) is 5.02 Å². The molecular weight excluding hydrogens is 218 g/mol. The molecule has 0 fully saturated rings. The third kappa shape index (κ3) is 2.05. The summed E-state index contributed by atoms with van der Waals surface area (Å²) in [5, 5.41) is 0.784. The van der Waals surface area contributed by atoms with Gasteiger partial charge in [0.05, 0.1) is 10.7 Å². The number of nitrogens with zero attached hydrogens (tertiary/aromatic N) is 1. The number of para-hydroxylation sites is 2. The van der Waals surface area contributed by atoms with E-state index in [4.69, 9.17) is 11.6 Å². The van der Waals surface area contributed by atoms with Gasteiger partial charge in [0.1, 0.15) is 0 Å². The number of hydrogen-bond acceptors (Lipinski definition) is 1. The smallest absolute Gasteiger partial charge is 0.0645 e. The van der Waals surface area contributed by atoms with Crippen molar-refractivity contribution in [3.05, 3.63) is 59.1 Å². The zero-order valence-corrected chi connectivity index (χ0v) is 10.2. The van der Waals surface area contributed by atoms with Crippen molar-refractivity contribution in [2.75, 3.05) is 11.9 Å². The van der Waals surface area contributed by atoms with Crippen LogP contribution >= 0.6 is 11.6 Å². The van der Waals surface area contributed by atoms with Crippen LogP contribution < -0.4 is 4.90 Å². The fourth-order valence-electron chi connectivity index (χ4n) is 1.83. The Morgan fingerprint density at radius 1 is 0.938 bits per heavy atom. The van der Waals surface area contributed by atoms with Crippen LogP contribution in [0.15, 0.2) is 48.5 Å². The Bertz CT molecular complexity index is 459. The molecule has 0 unspecified atom stereocenters. The lowest BCUT2D eigenvalue weighted by molar-refractivity contribution is 1.18. The van der Waals surface area contributed by atoms with Gasteiger partial charge in [-0.15, -0.1) is 0 Å². The summed E-state index contributed by atoms with van der Waals surface area (Å²) in [5.74, 6) is 0. The fraction of sp³-hybridized carbons (Fsp3) is 0.143. The Morgan fingerprint density at radius 3 is 2.25 bits per heavy atom. The minimum absolute atomic E-state index is 0.784. The van der Waals surface area contributed by atoms with Gasteiger partial charge in [-0.3, -0.25) is 0 Å². The van der Waals surface area contributed by atoms with Crippen LogP contribution in [0.25, 0.3) is 0 Å². The van der Waals surface area contributed by atoms with Crippen molar-refractivity contribution in [3.8, 4) is 0 Å². The standard InChI is InChI=1S/C14H14ClN/c1-11-7-6-10-13(15)14(11)16(2)12-8-4-3-5-9-12/h3-10H,1-2H3. The second kappa shape index (κ2) is 4.58. The van der Waals surface area contributed by atoms with Crippen LogP contribution in [0, 0.1) is 6.92 Å². The monoisotopic (exact) mass is 231 g/mol. The van der Waals surface area contributed by atoms with E-state index >= 15 is 0 Å². The van der Waals surface area contributed by atoms with Crippen molar-refractivity contribution in [1.29, 1.82) is 0 Å². The number of rotatable bonds is 2. The van der Waals surface area contributed by atoms with Gasteiger partial charge < -0.3 is 4.90 Å². The van der Waals surface area contributed by atoms with Gasteiger partial charge in [-0.25, -0.2) is 0 Å². The van der Waals surface area contributed by atoms with E-state index in [2.05, 4.69) is 30.0 Å². The predicted molar refractivity (Wildman–Crippen MR) is 70.7 cm³/mol. The molecule has 0 saturated heterocycles. The van der Waals surface area contributed by atoms with Crippen LogP contribution in [-0.2, 0) is 0 Å². The van der Waals surface area contributed by atoms with Crippen molar-refractivity contribution in [1.82, 2.24) is 0 Å². The van der Waals surface area contributed by atoms with E-state index in [0.717, 1.165) is 16.4 Å². The molecule has 2 heteroatoms. The first kappa shape index (κ1) is 11.0. The maximum atomic E-state index is 6.23. The first-order valence-corrected chi connectivity index (χ1v) is 5.62. The Balaban J connectivity index is 2.46. The van der Waals surface area contributed by atoms with Crippen LogP contribution in [0.5, 0.6) is 0 Å². The molecule has 0 spiro atoms. The quantitative estimate of drug-likeness (QED) is 0.740. The van der Waals surface area contributed by atoms with Crippen LogP contribution in [0.3, 0.4) is 0 Å². The molecule has 1 nitrogen and oxygen atoms in total. The fourth-order valence-corrected chi connectivity index (χ4v) is 2.18. The van der Waals surface area contributed by atoms with Gasteiger partial charge in [0, 0.05) is 12.7 Å². The average Bonchev–Trinajstić information content (AvgIpc) is 2.30. The zero-order chi connectivity index (χ0) is 11.5. The van der Waals surface area contributed by atoms with Crippen molar-refractivity contribution in [3.63, 3.8) is 0 Å². The van der Waals surface area contributed by atoms with E-state index in [0.29, 0.717) is 0 Å². The van der Waals surface area contributed by atoms with Gasteiger partial charge in [-0.2, -0.15) is 0 Å². The third-order valence-corrected chi connectivity index (χ3v) is 2.97. The van der Waals surface area contributed by atoms with Crippen molar-refractivity contribution >= 4 is 23.0 Å². The largest absolute Gasteiger partial charge is 0.343 e. The summed E-state index contributed by atoms with van der Waals surface area (Å²) < 4.78 is 0. The minimum Gasteiger partial charge on any atom is -0.343 e. The molecule has 0 bridgehead atoms. The van der Waals surface area contributed by atoms with E-state index in [1.807, 2.05) is 37.4 Å². The molecular formula is C14H14ClN. The SMILES string of the molecule is Cc1cccc(Cl)c1N(C)c1ccccc1.